The number of allylic oxidation sites excluding steroid dienone is 2. The van der Waals surface area contributed by atoms with E-state index in [0.717, 1.165) is 11.4 Å². The average molecular weight is 421 g/mol. The fourth-order valence-electron chi connectivity index (χ4n) is 4.57. The first-order valence-corrected chi connectivity index (χ1v) is 10.1. The van der Waals surface area contributed by atoms with Gasteiger partial charge in [0.2, 0.25) is 0 Å². The van der Waals surface area contributed by atoms with Gasteiger partial charge in [0.25, 0.3) is 11.8 Å². The van der Waals surface area contributed by atoms with Gasteiger partial charge in [0, 0.05) is 10.6 Å². The smallest absolute Gasteiger partial charge is 0.343 e. The summed E-state index contributed by atoms with van der Waals surface area (Å²) in [6.45, 7) is 0. The maximum absolute atomic E-state index is 12.8. The third-order valence-corrected chi connectivity index (χ3v) is 6.18. The van der Waals surface area contributed by atoms with Gasteiger partial charge in [0.15, 0.2) is 0 Å². The summed E-state index contributed by atoms with van der Waals surface area (Å²) < 4.78 is 5.49. The molecule has 150 valence electrons. The highest BCUT2D eigenvalue weighted by atomic mass is 35.5. The Morgan fingerprint density at radius 1 is 1.03 bits per heavy atom. The van der Waals surface area contributed by atoms with Crippen molar-refractivity contribution >= 4 is 35.6 Å². The fourth-order valence-corrected chi connectivity index (χ4v) is 4.75. The molecule has 2 aromatic carbocycles. The Bertz CT molecular complexity index is 1080. The van der Waals surface area contributed by atoms with Gasteiger partial charge in [-0.05, 0) is 48.6 Å². The molecular formula is C23H17ClN2O4. The van der Waals surface area contributed by atoms with Crippen molar-refractivity contribution in [2.24, 2.45) is 28.8 Å². The molecule has 0 radical (unpaired) electrons. The van der Waals surface area contributed by atoms with E-state index in [1.165, 1.54) is 6.21 Å². The van der Waals surface area contributed by atoms with Crippen molar-refractivity contribution in [3.63, 3.8) is 0 Å². The Hall–Kier alpha value is -3.25. The first kappa shape index (κ1) is 18.8. The molecule has 1 heterocycles. The Balaban J connectivity index is 1.39. The fraction of sp³-hybridized carbons (Fsp3) is 0.217. The molecule has 2 amide bonds. The van der Waals surface area contributed by atoms with Crippen LogP contribution in [0.4, 0.5) is 0 Å². The van der Waals surface area contributed by atoms with Crippen LogP contribution in [-0.2, 0) is 9.59 Å². The lowest BCUT2D eigenvalue weighted by molar-refractivity contribution is -0.140. The first-order chi connectivity index (χ1) is 14.5. The number of rotatable bonds is 4. The van der Waals surface area contributed by atoms with Gasteiger partial charge in [-0.1, -0.05) is 42.0 Å². The minimum absolute atomic E-state index is 0.116. The topological polar surface area (TPSA) is 76.0 Å². The largest absolute Gasteiger partial charge is 0.422 e. The summed E-state index contributed by atoms with van der Waals surface area (Å²) in [5.74, 6) is -1.25. The van der Waals surface area contributed by atoms with Crippen molar-refractivity contribution in [3.05, 3.63) is 76.8 Å². The lowest BCUT2D eigenvalue weighted by atomic mass is 9.85. The molecule has 0 unspecified atom stereocenters. The molecule has 6 nitrogen and oxygen atoms in total. The van der Waals surface area contributed by atoms with E-state index in [2.05, 4.69) is 5.10 Å². The molecular weight excluding hydrogens is 404 g/mol. The first-order valence-electron chi connectivity index (χ1n) is 9.70. The van der Waals surface area contributed by atoms with Crippen LogP contribution in [0.25, 0.3) is 0 Å². The number of hydrogen-bond acceptors (Lipinski definition) is 5. The summed E-state index contributed by atoms with van der Waals surface area (Å²) in [4.78, 5) is 37.9. The summed E-state index contributed by atoms with van der Waals surface area (Å²) in [7, 11) is 0. The van der Waals surface area contributed by atoms with Crippen LogP contribution in [0.5, 0.6) is 5.75 Å². The zero-order valence-electron chi connectivity index (χ0n) is 15.8. The predicted molar refractivity (Wildman–Crippen MR) is 110 cm³/mol. The van der Waals surface area contributed by atoms with Gasteiger partial charge in [0.1, 0.15) is 5.75 Å². The Kier molecular flexibility index (Phi) is 4.51. The summed E-state index contributed by atoms with van der Waals surface area (Å²) in [5.41, 5.74) is 0.793. The molecule has 0 aromatic heterocycles. The highest BCUT2D eigenvalue weighted by Crippen LogP contribution is 2.52. The van der Waals surface area contributed by atoms with Crippen LogP contribution < -0.4 is 4.74 Å². The summed E-state index contributed by atoms with van der Waals surface area (Å²) in [6, 6.07) is 13.3. The highest BCUT2D eigenvalue weighted by Gasteiger charge is 2.59. The van der Waals surface area contributed by atoms with Crippen molar-refractivity contribution in [1.29, 1.82) is 0 Å². The number of hydrazone groups is 1. The van der Waals surface area contributed by atoms with Crippen molar-refractivity contribution < 1.29 is 19.1 Å². The Morgan fingerprint density at radius 3 is 2.37 bits per heavy atom. The maximum Gasteiger partial charge on any atom is 0.343 e. The Morgan fingerprint density at radius 2 is 1.70 bits per heavy atom. The number of ether oxygens (including phenoxy) is 1. The van der Waals surface area contributed by atoms with E-state index < -0.39 is 5.97 Å². The molecule has 1 saturated carbocycles. The number of fused-ring (bicyclic) bond motifs is 5. The lowest BCUT2D eigenvalue weighted by Crippen LogP contribution is -2.28. The summed E-state index contributed by atoms with van der Waals surface area (Å²) >= 11 is 6.09. The van der Waals surface area contributed by atoms with Crippen LogP contribution in [0.3, 0.4) is 0 Å². The van der Waals surface area contributed by atoms with Crippen molar-refractivity contribution in [3.8, 4) is 5.75 Å². The van der Waals surface area contributed by atoms with Crippen molar-refractivity contribution in [1.82, 2.24) is 5.01 Å². The van der Waals surface area contributed by atoms with E-state index in [-0.39, 0.29) is 41.2 Å². The SMILES string of the molecule is O=C(Oc1ccc(Cl)cc1C=NN1C(=O)[C@@H]2[C@H](C1=O)[C@H]1C=C[C@H]2C1)c1ccccc1. The minimum atomic E-state index is -0.530. The molecule has 0 N–H and O–H groups in total. The van der Waals surface area contributed by atoms with Crippen LogP contribution in [-0.4, -0.2) is 29.0 Å². The number of amides is 2. The lowest BCUT2D eigenvalue weighted by Gasteiger charge is -2.13. The van der Waals surface area contributed by atoms with Gasteiger partial charge >= 0.3 is 5.97 Å². The number of carbonyl (C=O) groups excluding carboxylic acids is 3. The van der Waals surface area contributed by atoms with Crippen LogP contribution in [0.1, 0.15) is 22.3 Å². The second-order valence-electron chi connectivity index (χ2n) is 7.67. The zero-order valence-corrected chi connectivity index (χ0v) is 16.5. The van der Waals surface area contributed by atoms with Gasteiger partial charge < -0.3 is 4.74 Å². The zero-order chi connectivity index (χ0) is 20.8. The second kappa shape index (κ2) is 7.22. The number of benzene rings is 2. The van der Waals surface area contributed by atoms with E-state index in [0.29, 0.717) is 16.1 Å². The minimum Gasteiger partial charge on any atom is -0.422 e. The number of halogens is 1. The second-order valence-corrected chi connectivity index (χ2v) is 8.11. The molecule has 30 heavy (non-hydrogen) atoms. The molecule has 2 aromatic rings. The quantitative estimate of drug-likeness (QED) is 0.248. The van der Waals surface area contributed by atoms with Crippen molar-refractivity contribution in [2.75, 3.05) is 0 Å². The van der Waals surface area contributed by atoms with Crippen LogP contribution in [0.2, 0.25) is 5.02 Å². The number of nitrogens with zero attached hydrogens (tertiary/aromatic N) is 2. The van der Waals surface area contributed by atoms with E-state index >= 15 is 0 Å². The van der Waals surface area contributed by atoms with Crippen LogP contribution in [0, 0.1) is 23.7 Å². The molecule has 2 aliphatic carbocycles. The third-order valence-electron chi connectivity index (χ3n) is 5.94. The standard InChI is InChI=1S/C23H17ClN2O4/c24-17-8-9-18(30-23(29)13-4-2-1-3-5-13)16(11-17)12-25-26-21(27)19-14-6-7-15(10-14)20(19)22(26)28/h1-9,11-12,14-15,19-20H,10H2/t14-,15-,19-,20+/m0/s1. The Labute approximate surface area is 177 Å². The molecule has 0 spiro atoms. The normalized spacial score (nSPS) is 26.6. The van der Waals surface area contributed by atoms with Crippen LogP contribution in [0.15, 0.2) is 65.8 Å². The van der Waals surface area contributed by atoms with E-state index in [1.54, 1.807) is 48.5 Å². The monoisotopic (exact) mass is 420 g/mol. The molecule has 1 saturated heterocycles. The highest BCUT2D eigenvalue weighted by molar-refractivity contribution is 6.31. The van der Waals surface area contributed by atoms with Gasteiger partial charge in [0.05, 0.1) is 23.6 Å². The van der Waals surface area contributed by atoms with Gasteiger partial charge in [-0.2, -0.15) is 10.1 Å². The van der Waals surface area contributed by atoms with Crippen molar-refractivity contribution in [2.45, 2.75) is 6.42 Å². The van der Waals surface area contributed by atoms with E-state index in [9.17, 15) is 14.4 Å². The molecule has 4 atom stereocenters. The number of esters is 1. The molecule has 7 heteroatoms. The molecule has 3 aliphatic rings. The van der Waals surface area contributed by atoms with Crippen LogP contribution >= 0.6 is 11.6 Å². The number of hydrogen-bond donors (Lipinski definition) is 0. The van der Waals surface area contributed by atoms with E-state index in [1.807, 2.05) is 12.2 Å². The predicted octanol–water partition coefficient (Wildman–Crippen LogP) is 3.70. The summed E-state index contributed by atoms with van der Waals surface area (Å²) in [5, 5.41) is 5.51. The molecule has 2 fully saturated rings. The van der Waals surface area contributed by atoms with E-state index in [4.69, 9.17) is 16.3 Å². The summed E-state index contributed by atoms with van der Waals surface area (Å²) in [6.07, 6.45) is 6.26. The third kappa shape index (κ3) is 3.04. The number of carbonyl (C=O) groups is 3. The van der Waals surface area contributed by atoms with Gasteiger partial charge in [-0.3, -0.25) is 9.59 Å². The molecule has 5 rings (SSSR count). The molecule has 2 bridgehead atoms. The maximum atomic E-state index is 12.8. The van der Waals surface area contributed by atoms with Gasteiger partial charge in [-0.15, -0.1) is 0 Å². The van der Waals surface area contributed by atoms with Gasteiger partial charge in [-0.25, -0.2) is 4.79 Å². The number of imide groups is 1. The average Bonchev–Trinajstić information content (AvgIpc) is 3.43. The molecule has 1 aliphatic heterocycles.